The van der Waals surface area contributed by atoms with E-state index in [2.05, 4.69) is 5.32 Å². The Morgan fingerprint density at radius 2 is 1.76 bits per heavy atom. The second-order valence-electron chi connectivity index (χ2n) is 7.78. The van der Waals surface area contributed by atoms with Crippen LogP contribution in [0.25, 0.3) is 0 Å². The third-order valence-electron chi connectivity index (χ3n) is 6.11. The maximum atomic E-state index is 12.9. The van der Waals surface area contributed by atoms with Gasteiger partial charge in [0.1, 0.15) is 5.54 Å². The molecule has 1 aliphatic carbocycles. The molecule has 2 aliphatic rings. The van der Waals surface area contributed by atoms with Gasteiger partial charge in [0, 0.05) is 26.2 Å². The van der Waals surface area contributed by atoms with Crippen molar-refractivity contribution in [3.05, 3.63) is 35.9 Å². The van der Waals surface area contributed by atoms with Crippen LogP contribution in [0.15, 0.2) is 30.3 Å². The number of carboxylic acids is 1. The summed E-state index contributed by atoms with van der Waals surface area (Å²) in [5.74, 6) is -1.14. The molecule has 3 rings (SSSR count). The van der Waals surface area contributed by atoms with E-state index in [0.717, 1.165) is 24.8 Å². The summed E-state index contributed by atoms with van der Waals surface area (Å²) in [5.41, 5.74) is -0.198. The Morgan fingerprint density at radius 3 is 2.38 bits per heavy atom. The summed E-state index contributed by atoms with van der Waals surface area (Å²) in [6.07, 6.45) is 3.12. The molecule has 0 bridgehead atoms. The highest BCUT2D eigenvalue weighted by molar-refractivity contribution is 5.87. The lowest BCUT2D eigenvalue weighted by Crippen LogP contribution is -2.64. The Kier molecular flexibility index (Phi) is 6.61. The van der Waals surface area contributed by atoms with Crippen LogP contribution in [0.5, 0.6) is 0 Å². The van der Waals surface area contributed by atoms with Crippen molar-refractivity contribution in [1.29, 1.82) is 0 Å². The lowest BCUT2D eigenvalue weighted by atomic mass is 9.70. The number of nitrogens with zero attached hydrogens (tertiary/aromatic N) is 2. The second-order valence-corrected chi connectivity index (χ2v) is 7.78. The first-order chi connectivity index (χ1) is 14.0. The molecule has 1 heterocycles. The van der Waals surface area contributed by atoms with Gasteiger partial charge in [0.25, 0.3) is 0 Å². The van der Waals surface area contributed by atoms with Crippen LogP contribution in [-0.2, 0) is 16.0 Å². The van der Waals surface area contributed by atoms with E-state index in [-0.39, 0.29) is 11.9 Å². The summed E-state index contributed by atoms with van der Waals surface area (Å²) in [6.45, 7) is 1.43. The van der Waals surface area contributed by atoms with E-state index < -0.39 is 17.6 Å². The van der Waals surface area contributed by atoms with Crippen LogP contribution >= 0.6 is 0 Å². The van der Waals surface area contributed by atoms with E-state index in [9.17, 15) is 19.5 Å². The molecule has 29 heavy (non-hydrogen) atoms. The van der Waals surface area contributed by atoms with E-state index >= 15 is 0 Å². The summed E-state index contributed by atoms with van der Waals surface area (Å²) >= 11 is 0. The molecule has 0 aromatic heterocycles. The average molecular weight is 403 g/mol. The highest BCUT2D eigenvalue weighted by atomic mass is 16.5. The summed E-state index contributed by atoms with van der Waals surface area (Å²) in [4.78, 5) is 40.1. The number of amides is 3. The molecule has 8 nitrogen and oxygen atoms in total. The van der Waals surface area contributed by atoms with Crippen molar-refractivity contribution in [1.82, 2.24) is 15.1 Å². The molecule has 0 radical (unpaired) electrons. The Morgan fingerprint density at radius 1 is 1.10 bits per heavy atom. The highest BCUT2D eigenvalue weighted by Crippen LogP contribution is 2.37. The number of carbonyl (C=O) groups is 3. The smallest absolute Gasteiger partial charge is 0.409 e. The van der Waals surface area contributed by atoms with Crippen molar-refractivity contribution >= 4 is 18.1 Å². The van der Waals surface area contributed by atoms with E-state index in [1.165, 1.54) is 12.0 Å². The van der Waals surface area contributed by atoms with Gasteiger partial charge >= 0.3 is 18.1 Å². The predicted octanol–water partition coefficient (Wildman–Crippen LogP) is 2.34. The van der Waals surface area contributed by atoms with Gasteiger partial charge in [-0.3, -0.25) is 0 Å². The van der Waals surface area contributed by atoms with Gasteiger partial charge in [-0.15, -0.1) is 0 Å². The number of aliphatic carboxylic acids is 1. The van der Waals surface area contributed by atoms with Crippen LogP contribution < -0.4 is 5.32 Å². The number of hydrogen-bond donors (Lipinski definition) is 2. The van der Waals surface area contributed by atoms with Crippen molar-refractivity contribution in [2.24, 2.45) is 5.92 Å². The first-order valence-electron chi connectivity index (χ1n) is 10.1. The van der Waals surface area contributed by atoms with Crippen LogP contribution in [0.4, 0.5) is 9.59 Å². The van der Waals surface area contributed by atoms with Gasteiger partial charge in [0.2, 0.25) is 0 Å². The minimum absolute atomic E-state index is 0.170. The second kappa shape index (κ2) is 9.15. The van der Waals surface area contributed by atoms with Crippen molar-refractivity contribution < 1.29 is 24.2 Å². The highest BCUT2D eigenvalue weighted by Gasteiger charge is 2.49. The van der Waals surface area contributed by atoms with Gasteiger partial charge in [-0.05, 0) is 30.7 Å². The normalized spacial score (nSPS) is 24.7. The molecular weight excluding hydrogens is 374 g/mol. The van der Waals surface area contributed by atoms with Crippen molar-refractivity contribution in [3.63, 3.8) is 0 Å². The zero-order valence-corrected chi connectivity index (χ0v) is 16.8. The van der Waals surface area contributed by atoms with Crippen molar-refractivity contribution in [2.45, 2.75) is 37.6 Å². The predicted molar refractivity (Wildman–Crippen MR) is 107 cm³/mol. The number of nitrogens with one attached hydrogen (secondary N) is 1. The molecule has 1 aliphatic heterocycles. The molecule has 2 atom stereocenters. The van der Waals surface area contributed by atoms with Crippen LogP contribution in [0, 0.1) is 5.92 Å². The molecule has 0 spiro atoms. The molecule has 1 saturated carbocycles. The van der Waals surface area contributed by atoms with Gasteiger partial charge in [-0.25, -0.2) is 14.4 Å². The fourth-order valence-corrected chi connectivity index (χ4v) is 4.41. The van der Waals surface area contributed by atoms with Gasteiger partial charge < -0.3 is 25.0 Å². The molecule has 2 N–H and O–H groups in total. The number of carbonyl (C=O) groups excluding carboxylic acids is 2. The number of ether oxygens (including phenoxy) is 1. The summed E-state index contributed by atoms with van der Waals surface area (Å²) in [6, 6.07) is 9.44. The molecule has 2 fully saturated rings. The SMILES string of the molecule is COC(=O)N1CCN(C(=O)NC2(C(=O)O)CCCCC2Cc2ccccc2)CC1. The van der Waals surface area contributed by atoms with Crippen LogP contribution in [0.1, 0.15) is 31.2 Å². The molecule has 8 heteroatoms. The number of carboxylic acid groups (broad SMARTS) is 1. The van der Waals surface area contributed by atoms with Gasteiger partial charge in [0.15, 0.2) is 0 Å². The monoisotopic (exact) mass is 403 g/mol. The summed E-state index contributed by atoms with van der Waals surface area (Å²) in [5, 5.41) is 13.0. The van der Waals surface area contributed by atoms with Crippen LogP contribution in [-0.4, -0.2) is 71.8 Å². The van der Waals surface area contributed by atoms with Crippen molar-refractivity contribution in [3.8, 4) is 0 Å². The van der Waals surface area contributed by atoms with E-state index in [1.54, 1.807) is 4.90 Å². The molecule has 158 valence electrons. The van der Waals surface area contributed by atoms with Gasteiger partial charge in [-0.1, -0.05) is 43.2 Å². The number of piperazine rings is 1. The van der Waals surface area contributed by atoms with Crippen LogP contribution in [0.2, 0.25) is 0 Å². The number of methoxy groups -OCH3 is 1. The first kappa shape index (κ1) is 21.0. The third-order valence-corrected chi connectivity index (χ3v) is 6.11. The Labute approximate surface area is 170 Å². The minimum atomic E-state index is -1.27. The Balaban J connectivity index is 1.71. The number of hydrogen-bond acceptors (Lipinski definition) is 4. The Hall–Kier alpha value is -2.77. The maximum absolute atomic E-state index is 12.9. The topological polar surface area (TPSA) is 99.2 Å². The third kappa shape index (κ3) is 4.63. The lowest BCUT2D eigenvalue weighted by molar-refractivity contribution is -0.148. The molecule has 1 aromatic rings. The standard InChI is InChI=1S/C21H29N3O5/c1-29-20(28)24-13-11-23(12-14-24)19(27)22-21(18(25)26)10-6-5-9-17(21)15-16-7-3-2-4-8-16/h2-4,7-8,17H,5-6,9-15H2,1H3,(H,22,27)(H,25,26). The first-order valence-corrected chi connectivity index (χ1v) is 10.1. The minimum Gasteiger partial charge on any atom is -0.479 e. The fraction of sp³-hybridized carbons (Fsp3) is 0.571. The zero-order valence-electron chi connectivity index (χ0n) is 16.8. The maximum Gasteiger partial charge on any atom is 0.409 e. The lowest BCUT2D eigenvalue weighted by Gasteiger charge is -2.43. The van der Waals surface area contributed by atoms with Gasteiger partial charge in [-0.2, -0.15) is 0 Å². The summed E-state index contributed by atoms with van der Waals surface area (Å²) < 4.78 is 4.72. The molecule has 1 aromatic carbocycles. The van der Waals surface area contributed by atoms with Crippen LogP contribution in [0.3, 0.4) is 0 Å². The van der Waals surface area contributed by atoms with E-state index in [0.29, 0.717) is 39.0 Å². The number of rotatable bonds is 4. The molecule has 3 amide bonds. The quantitative estimate of drug-likeness (QED) is 0.804. The number of benzene rings is 1. The van der Waals surface area contributed by atoms with Gasteiger partial charge in [0.05, 0.1) is 7.11 Å². The van der Waals surface area contributed by atoms with E-state index in [4.69, 9.17) is 4.74 Å². The fourth-order valence-electron chi connectivity index (χ4n) is 4.41. The average Bonchev–Trinajstić information content (AvgIpc) is 2.75. The summed E-state index contributed by atoms with van der Waals surface area (Å²) in [7, 11) is 1.33. The molecular formula is C21H29N3O5. The Bertz CT molecular complexity index is 733. The van der Waals surface area contributed by atoms with E-state index in [1.807, 2.05) is 30.3 Å². The molecule has 1 saturated heterocycles. The molecule has 2 unspecified atom stereocenters. The number of urea groups is 1. The largest absolute Gasteiger partial charge is 0.479 e. The zero-order chi connectivity index (χ0) is 20.9. The van der Waals surface area contributed by atoms with Crippen molar-refractivity contribution in [2.75, 3.05) is 33.3 Å².